The molecule has 0 saturated carbocycles. The van der Waals surface area contributed by atoms with Crippen molar-refractivity contribution in [1.29, 1.82) is 0 Å². The predicted octanol–water partition coefficient (Wildman–Crippen LogP) is 1.05. The lowest BCUT2D eigenvalue weighted by atomic mass is 10.1. The molecule has 80 valence electrons. The van der Waals surface area contributed by atoms with Gasteiger partial charge < -0.3 is 5.32 Å². The monoisotopic (exact) mass is 222 g/mol. The van der Waals surface area contributed by atoms with Crippen LogP contribution in [0.1, 0.15) is 12.8 Å². The van der Waals surface area contributed by atoms with Gasteiger partial charge in [-0.15, -0.1) is 16.6 Å². The van der Waals surface area contributed by atoms with Crippen LogP contribution in [0, 0.1) is 12.3 Å². The molecule has 0 bridgehead atoms. The van der Waals surface area contributed by atoms with Crippen LogP contribution < -0.4 is 5.32 Å². The van der Waals surface area contributed by atoms with Crippen molar-refractivity contribution in [1.82, 2.24) is 15.1 Å². The highest BCUT2D eigenvalue weighted by atomic mass is 32.1. The molecule has 1 aliphatic rings. The molecule has 1 fully saturated rings. The maximum Gasteiger partial charge on any atom is 0.205 e. The lowest BCUT2D eigenvalue weighted by molar-refractivity contribution is 0.243. The Morgan fingerprint density at radius 3 is 3.00 bits per heavy atom. The maximum atomic E-state index is 5.28. The summed E-state index contributed by atoms with van der Waals surface area (Å²) >= 11 is 1.55. The Balaban J connectivity index is 1.77. The van der Waals surface area contributed by atoms with E-state index in [-0.39, 0.29) is 0 Å². The molecular weight excluding hydrogens is 208 g/mol. The molecular formula is C10H14N4S. The fourth-order valence-electron chi connectivity index (χ4n) is 1.78. The van der Waals surface area contributed by atoms with E-state index in [4.69, 9.17) is 6.42 Å². The number of hydrogen-bond donors (Lipinski definition) is 1. The fraction of sp³-hybridized carbons (Fsp3) is 0.600. The zero-order chi connectivity index (χ0) is 10.5. The van der Waals surface area contributed by atoms with Gasteiger partial charge in [-0.05, 0) is 12.8 Å². The molecule has 5 heteroatoms. The van der Waals surface area contributed by atoms with Crippen molar-refractivity contribution < 1.29 is 0 Å². The normalized spacial score (nSPS) is 18.6. The number of piperidine rings is 1. The van der Waals surface area contributed by atoms with Gasteiger partial charge >= 0.3 is 0 Å². The summed E-state index contributed by atoms with van der Waals surface area (Å²) in [5.41, 5.74) is 1.75. The first-order chi connectivity index (χ1) is 7.38. The van der Waals surface area contributed by atoms with E-state index in [0.717, 1.165) is 37.6 Å². The lowest BCUT2D eigenvalue weighted by Gasteiger charge is -2.30. The lowest BCUT2D eigenvalue weighted by Crippen LogP contribution is -2.39. The molecule has 0 radical (unpaired) electrons. The van der Waals surface area contributed by atoms with Crippen LogP contribution in [0.4, 0.5) is 5.13 Å². The number of likely N-dealkylation sites (tertiary alicyclic amines) is 1. The van der Waals surface area contributed by atoms with Crippen LogP contribution in [0.15, 0.2) is 5.51 Å². The van der Waals surface area contributed by atoms with Gasteiger partial charge in [0.1, 0.15) is 5.51 Å². The molecule has 1 aromatic rings. The number of nitrogens with one attached hydrogen (secondary N) is 1. The largest absolute Gasteiger partial charge is 0.357 e. The van der Waals surface area contributed by atoms with Crippen molar-refractivity contribution in [2.75, 3.05) is 25.0 Å². The van der Waals surface area contributed by atoms with Gasteiger partial charge in [-0.2, -0.15) is 0 Å². The van der Waals surface area contributed by atoms with Gasteiger partial charge in [-0.25, -0.2) is 0 Å². The third-order valence-corrected chi connectivity index (χ3v) is 3.21. The first-order valence-electron chi connectivity index (χ1n) is 5.07. The molecule has 1 saturated heterocycles. The molecule has 0 unspecified atom stereocenters. The minimum atomic E-state index is 0.520. The smallest absolute Gasteiger partial charge is 0.205 e. The molecule has 0 aromatic carbocycles. The molecule has 0 atom stereocenters. The first kappa shape index (κ1) is 10.4. The number of aromatic nitrogens is 2. The standard InChI is InChI=1S/C10H14N4S/c1-2-5-14-6-3-9(4-7-14)12-10-13-11-8-15-10/h1,8-9H,3-7H2,(H,12,13). The zero-order valence-corrected chi connectivity index (χ0v) is 9.33. The van der Waals surface area contributed by atoms with Crippen molar-refractivity contribution in [3.05, 3.63) is 5.51 Å². The Hall–Kier alpha value is -1.12. The number of rotatable bonds is 3. The van der Waals surface area contributed by atoms with Crippen LogP contribution in [-0.2, 0) is 0 Å². The second-order valence-electron chi connectivity index (χ2n) is 3.64. The van der Waals surface area contributed by atoms with E-state index in [0.29, 0.717) is 6.04 Å². The van der Waals surface area contributed by atoms with Crippen molar-refractivity contribution in [3.63, 3.8) is 0 Å². The van der Waals surface area contributed by atoms with E-state index >= 15 is 0 Å². The minimum Gasteiger partial charge on any atom is -0.357 e. The number of anilines is 1. The van der Waals surface area contributed by atoms with Crippen molar-refractivity contribution in [2.45, 2.75) is 18.9 Å². The summed E-state index contributed by atoms with van der Waals surface area (Å²) in [5.74, 6) is 2.68. The van der Waals surface area contributed by atoms with E-state index in [2.05, 4.69) is 26.3 Å². The van der Waals surface area contributed by atoms with E-state index in [1.165, 1.54) is 0 Å². The molecule has 4 nitrogen and oxygen atoms in total. The topological polar surface area (TPSA) is 41.0 Å². The fourth-order valence-corrected chi connectivity index (χ4v) is 2.30. The summed E-state index contributed by atoms with van der Waals surface area (Å²) in [7, 11) is 0. The van der Waals surface area contributed by atoms with Gasteiger partial charge in [0.05, 0.1) is 6.54 Å². The molecule has 0 spiro atoms. The van der Waals surface area contributed by atoms with Gasteiger partial charge in [0, 0.05) is 19.1 Å². The van der Waals surface area contributed by atoms with Gasteiger partial charge in [-0.1, -0.05) is 17.3 Å². The van der Waals surface area contributed by atoms with Crippen LogP contribution in [0.2, 0.25) is 0 Å². The van der Waals surface area contributed by atoms with Gasteiger partial charge in [-0.3, -0.25) is 4.90 Å². The molecule has 2 heterocycles. The predicted molar refractivity (Wildman–Crippen MR) is 61.8 cm³/mol. The highest BCUT2D eigenvalue weighted by Crippen LogP contribution is 2.16. The Kier molecular flexibility index (Phi) is 3.54. The van der Waals surface area contributed by atoms with Gasteiger partial charge in [0.2, 0.25) is 5.13 Å². The molecule has 15 heavy (non-hydrogen) atoms. The average molecular weight is 222 g/mol. The van der Waals surface area contributed by atoms with Crippen LogP contribution in [-0.4, -0.2) is 40.8 Å². The minimum absolute atomic E-state index is 0.520. The van der Waals surface area contributed by atoms with Gasteiger partial charge in [0.25, 0.3) is 0 Å². The Labute approximate surface area is 93.7 Å². The summed E-state index contributed by atoms with van der Waals surface area (Å²) in [6, 6.07) is 0.520. The third-order valence-electron chi connectivity index (χ3n) is 2.59. The summed E-state index contributed by atoms with van der Waals surface area (Å²) in [4.78, 5) is 2.30. The summed E-state index contributed by atoms with van der Waals surface area (Å²) in [5, 5.41) is 12.1. The van der Waals surface area contributed by atoms with E-state index in [1.54, 1.807) is 16.8 Å². The Bertz CT molecular complexity index is 322. The number of nitrogens with zero attached hydrogens (tertiary/aromatic N) is 3. The van der Waals surface area contributed by atoms with Crippen LogP contribution >= 0.6 is 11.3 Å². The van der Waals surface area contributed by atoms with E-state index in [9.17, 15) is 0 Å². The molecule has 1 N–H and O–H groups in total. The molecule has 0 amide bonds. The maximum absolute atomic E-state index is 5.28. The van der Waals surface area contributed by atoms with E-state index < -0.39 is 0 Å². The highest BCUT2D eigenvalue weighted by molar-refractivity contribution is 7.13. The van der Waals surface area contributed by atoms with Crippen molar-refractivity contribution in [3.8, 4) is 12.3 Å². The first-order valence-corrected chi connectivity index (χ1v) is 5.95. The average Bonchev–Trinajstić information content (AvgIpc) is 2.74. The number of hydrogen-bond acceptors (Lipinski definition) is 5. The van der Waals surface area contributed by atoms with Crippen LogP contribution in [0.25, 0.3) is 0 Å². The van der Waals surface area contributed by atoms with Crippen molar-refractivity contribution >= 4 is 16.5 Å². The third kappa shape index (κ3) is 2.91. The summed E-state index contributed by atoms with van der Waals surface area (Å²) < 4.78 is 0. The van der Waals surface area contributed by atoms with Crippen molar-refractivity contribution in [2.24, 2.45) is 0 Å². The van der Waals surface area contributed by atoms with Crippen LogP contribution in [0.5, 0.6) is 0 Å². The Morgan fingerprint density at radius 1 is 1.60 bits per heavy atom. The van der Waals surface area contributed by atoms with Crippen LogP contribution in [0.3, 0.4) is 0 Å². The Morgan fingerprint density at radius 2 is 2.40 bits per heavy atom. The zero-order valence-electron chi connectivity index (χ0n) is 8.52. The second kappa shape index (κ2) is 5.10. The van der Waals surface area contributed by atoms with Gasteiger partial charge in [0.15, 0.2) is 0 Å². The van der Waals surface area contributed by atoms with E-state index in [1.807, 2.05) is 0 Å². The quantitative estimate of drug-likeness (QED) is 0.776. The summed E-state index contributed by atoms with van der Waals surface area (Å²) in [6.45, 7) is 2.91. The second-order valence-corrected chi connectivity index (χ2v) is 4.48. The molecule has 1 aliphatic heterocycles. The highest BCUT2D eigenvalue weighted by Gasteiger charge is 2.18. The SMILES string of the molecule is C#CCN1CCC(Nc2nncs2)CC1. The summed E-state index contributed by atoms with van der Waals surface area (Å²) in [6.07, 6.45) is 7.53. The molecule has 1 aromatic heterocycles. The molecule has 2 rings (SSSR count). The number of terminal acetylenes is 1. The molecule has 0 aliphatic carbocycles.